The van der Waals surface area contributed by atoms with Gasteiger partial charge in [0.2, 0.25) is 0 Å². The fraction of sp³-hybridized carbons (Fsp3) is 1.00. The van der Waals surface area contributed by atoms with E-state index >= 15 is 0 Å². The first-order valence-electron chi connectivity index (χ1n) is 12.6. The van der Waals surface area contributed by atoms with Crippen LogP contribution < -0.4 is 5.32 Å². The molecular formula is C24H50N2O3. The van der Waals surface area contributed by atoms with Gasteiger partial charge in [-0.3, -0.25) is 5.26 Å². The molecule has 5 heteroatoms. The van der Waals surface area contributed by atoms with Gasteiger partial charge in [0.1, 0.15) is 0 Å². The van der Waals surface area contributed by atoms with Gasteiger partial charge in [-0.2, -0.15) is 0 Å². The van der Waals surface area contributed by atoms with Crippen molar-refractivity contribution in [1.82, 2.24) is 10.2 Å². The minimum Gasteiger partial charge on any atom is -0.393 e. The minimum absolute atomic E-state index is 0.0266. The van der Waals surface area contributed by atoms with Gasteiger partial charge in [0.15, 0.2) is 0 Å². The van der Waals surface area contributed by atoms with Crippen LogP contribution in [0.1, 0.15) is 98.3 Å². The highest BCUT2D eigenvalue weighted by molar-refractivity contribution is 4.97. The Labute approximate surface area is 180 Å². The topological polar surface area (TPSA) is 65.0 Å². The Bertz CT molecular complexity index is 366. The van der Waals surface area contributed by atoms with Crippen LogP contribution in [0.4, 0.5) is 0 Å². The summed E-state index contributed by atoms with van der Waals surface area (Å²) in [5.41, 5.74) is 0.524. The Hall–Kier alpha value is -0.200. The molecule has 4 aliphatic rings. The van der Waals surface area contributed by atoms with Gasteiger partial charge in [-0.25, -0.2) is 4.89 Å². The Morgan fingerprint density at radius 3 is 1.90 bits per heavy atom. The fourth-order valence-electron chi connectivity index (χ4n) is 5.14. The van der Waals surface area contributed by atoms with Crippen molar-refractivity contribution in [2.75, 3.05) is 32.7 Å². The molecule has 4 rings (SSSR count). The first-order chi connectivity index (χ1) is 14.2. The van der Waals surface area contributed by atoms with Crippen molar-refractivity contribution in [3.05, 3.63) is 0 Å². The van der Waals surface area contributed by atoms with E-state index in [1.807, 2.05) is 27.7 Å². The molecule has 0 aromatic carbocycles. The molecule has 0 aromatic heterocycles. The lowest BCUT2D eigenvalue weighted by Crippen LogP contribution is -2.50. The van der Waals surface area contributed by atoms with E-state index in [4.69, 9.17) is 10.4 Å². The zero-order valence-corrected chi connectivity index (χ0v) is 19.8. The average Bonchev–Trinajstić information content (AvgIpc) is 2.77. The minimum atomic E-state index is -0.0266. The monoisotopic (exact) mass is 414 g/mol. The molecule has 0 bridgehead atoms. The van der Waals surface area contributed by atoms with Crippen molar-refractivity contribution < 1.29 is 15.3 Å². The number of nitrogens with one attached hydrogen (secondary N) is 1. The highest BCUT2D eigenvalue weighted by Crippen LogP contribution is 2.50. The molecule has 29 heavy (non-hydrogen) atoms. The number of aliphatic hydroxyl groups excluding tert-OH is 1. The van der Waals surface area contributed by atoms with E-state index in [0.717, 1.165) is 44.7 Å². The van der Waals surface area contributed by atoms with Crippen LogP contribution in [0.25, 0.3) is 0 Å². The highest BCUT2D eigenvalue weighted by atomic mass is 17.1. The van der Waals surface area contributed by atoms with Crippen molar-refractivity contribution in [2.45, 2.75) is 111 Å². The maximum atomic E-state index is 8.87. The van der Waals surface area contributed by atoms with E-state index in [2.05, 4.69) is 15.1 Å². The maximum absolute atomic E-state index is 8.87. The van der Waals surface area contributed by atoms with Crippen LogP contribution in [-0.4, -0.2) is 60.2 Å². The molecular weight excluding hydrogens is 364 g/mol. The van der Waals surface area contributed by atoms with Crippen LogP contribution in [0.5, 0.6) is 0 Å². The van der Waals surface area contributed by atoms with Crippen molar-refractivity contribution in [3.63, 3.8) is 0 Å². The van der Waals surface area contributed by atoms with Crippen molar-refractivity contribution in [3.8, 4) is 0 Å². The average molecular weight is 415 g/mol. The predicted molar refractivity (Wildman–Crippen MR) is 122 cm³/mol. The van der Waals surface area contributed by atoms with E-state index in [9.17, 15) is 0 Å². The third-order valence-corrected chi connectivity index (χ3v) is 6.94. The molecule has 0 amide bonds. The van der Waals surface area contributed by atoms with Gasteiger partial charge in [-0.1, -0.05) is 47.0 Å². The van der Waals surface area contributed by atoms with Gasteiger partial charge in [-0.05, 0) is 88.9 Å². The quantitative estimate of drug-likeness (QED) is 0.444. The van der Waals surface area contributed by atoms with Gasteiger partial charge < -0.3 is 15.3 Å². The van der Waals surface area contributed by atoms with Crippen molar-refractivity contribution in [2.24, 2.45) is 11.3 Å². The zero-order chi connectivity index (χ0) is 21.5. The van der Waals surface area contributed by atoms with Crippen LogP contribution in [-0.2, 0) is 4.89 Å². The summed E-state index contributed by atoms with van der Waals surface area (Å²) >= 11 is 0. The second-order valence-electron chi connectivity index (χ2n) is 8.92. The lowest BCUT2D eigenvalue weighted by molar-refractivity contribution is -0.316. The van der Waals surface area contributed by atoms with Crippen LogP contribution in [0, 0.1) is 11.3 Å². The molecule has 2 heterocycles. The van der Waals surface area contributed by atoms with Crippen LogP contribution >= 0.6 is 0 Å². The molecule has 0 unspecified atom stereocenters. The molecule has 5 nitrogen and oxygen atoms in total. The number of likely N-dealkylation sites (tertiary alicyclic amines) is 1. The summed E-state index contributed by atoms with van der Waals surface area (Å²) in [6.07, 6.45) is 14.1. The highest BCUT2D eigenvalue weighted by Gasteiger charge is 2.46. The molecule has 2 saturated carbocycles. The van der Waals surface area contributed by atoms with E-state index in [1.165, 1.54) is 64.6 Å². The summed E-state index contributed by atoms with van der Waals surface area (Å²) in [4.78, 5) is 7.14. The predicted octanol–water partition coefficient (Wildman–Crippen LogP) is 5.08. The first kappa shape index (κ1) is 26.8. The number of aliphatic hydroxyl groups is 1. The number of rotatable bonds is 3. The number of hydrogen-bond acceptors (Lipinski definition) is 5. The third-order valence-electron chi connectivity index (χ3n) is 6.94. The molecule has 0 atom stereocenters. The van der Waals surface area contributed by atoms with E-state index in [-0.39, 0.29) is 12.2 Å². The van der Waals surface area contributed by atoms with Crippen molar-refractivity contribution >= 4 is 0 Å². The smallest absolute Gasteiger partial charge is 0.0938 e. The summed E-state index contributed by atoms with van der Waals surface area (Å²) in [7, 11) is 0. The molecule has 2 aliphatic heterocycles. The Morgan fingerprint density at radius 2 is 1.45 bits per heavy atom. The molecule has 1 spiro atoms. The molecule has 4 fully saturated rings. The third kappa shape index (κ3) is 9.65. The molecule has 2 aliphatic carbocycles. The lowest BCUT2D eigenvalue weighted by atomic mass is 9.61. The second-order valence-corrected chi connectivity index (χ2v) is 8.92. The summed E-state index contributed by atoms with van der Waals surface area (Å²) in [6.45, 7) is 13.9. The summed E-state index contributed by atoms with van der Waals surface area (Å²) < 4.78 is 0. The van der Waals surface area contributed by atoms with Gasteiger partial charge >= 0.3 is 0 Å². The van der Waals surface area contributed by atoms with Crippen LogP contribution in [0.15, 0.2) is 0 Å². The van der Waals surface area contributed by atoms with Crippen LogP contribution in [0.3, 0.4) is 0 Å². The molecule has 174 valence electrons. The molecule has 2 saturated heterocycles. The first-order valence-corrected chi connectivity index (χ1v) is 12.6. The van der Waals surface area contributed by atoms with Gasteiger partial charge in [-0.15, -0.1) is 0 Å². The number of nitrogens with zero attached hydrogens (tertiary/aromatic N) is 1. The number of hydrogen-bond donors (Lipinski definition) is 3. The van der Waals surface area contributed by atoms with Gasteiger partial charge in [0.05, 0.1) is 12.2 Å². The van der Waals surface area contributed by atoms with E-state index < -0.39 is 0 Å². The van der Waals surface area contributed by atoms with Crippen molar-refractivity contribution in [1.29, 1.82) is 0 Å². The largest absolute Gasteiger partial charge is 0.393 e. The van der Waals surface area contributed by atoms with E-state index in [1.54, 1.807) is 0 Å². The number of piperidine rings is 2. The SMILES string of the molecule is CC.CC.OC1CCNCC1.OOC1CC2(CCN(CC3CCCCC3)CC2)C1. The Kier molecular flexibility index (Phi) is 14.4. The standard InChI is InChI=1S/C15H27NO2.C5H11NO.2C2H6/c17-18-14-10-15(11-14)6-8-16(9-7-15)12-13-4-2-1-3-5-13;7-5-1-3-6-4-2-5;2*1-2/h13-14,17H,1-12H2;5-7H,1-4H2;2*1-2H3. The van der Waals surface area contributed by atoms with E-state index in [0.29, 0.717) is 5.41 Å². The van der Waals surface area contributed by atoms with Crippen LogP contribution in [0.2, 0.25) is 0 Å². The Balaban J connectivity index is 0.000000321. The lowest BCUT2D eigenvalue weighted by Gasteiger charge is -2.51. The normalized spacial score (nSPS) is 25.4. The second kappa shape index (κ2) is 15.6. The fourth-order valence-corrected chi connectivity index (χ4v) is 5.14. The molecule has 0 radical (unpaired) electrons. The Morgan fingerprint density at radius 1 is 0.897 bits per heavy atom. The summed E-state index contributed by atoms with van der Waals surface area (Å²) in [5, 5.41) is 20.7. The van der Waals surface area contributed by atoms with Gasteiger partial charge in [0.25, 0.3) is 0 Å². The summed E-state index contributed by atoms with van der Waals surface area (Å²) in [6, 6.07) is 0. The molecule has 3 N–H and O–H groups in total. The zero-order valence-electron chi connectivity index (χ0n) is 19.8. The molecule has 0 aromatic rings. The summed E-state index contributed by atoms with van der Waals surface area (Å²) in [5.74, 6) is 0.975. The van der Waals surface area contributed by atoms with Gasteiger partial charge in [0, 0.05) is 6.54 Å². The maximum Gasteiger partial charge on any atom is 0.0938 e.